The van der Waals surface area contributed by atoms with Crippen LogP contribution in [0.3, 0.4) is 0 Å². The molecule has 3 heterocycles. The molecular formula is C27H26F2N6O2. The van der Waals surface area contributed by atoms with Crippen molar-refractivity contribution in [1.82, 2.24) is 29.9 Å². The van der Waals surface area contributed by atoms with Crippen molar-refractivity contribution < 1.29 is 19.0 Å². The summed E-state index contributed by atoms with van der Waals surface area (Å²) < 4.78 is 30.6. The van der Waals surface area contributed by atoms with Gasteiger partial charge in [-0.25, -0.2) is 13.8 Å². The van der Waals surface area contributed by atoms with Crippen LogP contribution < -0.4 is 0 Å². The zero-order valence-electron chi connectivity index (χ0n) is 20.4. The first kappa shape index (κ1) is 23.7. The fourth-order valence-corrected chi connectivity index (χ4v) is 6.34. The Morgan fingerprint density at radius 2 is 1.89 bits per heavy atom. The van der Waals surface area contributed by atoms with Crippen LogP contribution in [0.4, 0.5) is 8.78 Å². The number of rotatable bonds is 6. The summed E-state index contributed by atoms with van der Waals surface area (Å²) in [5, 5.41) is 32.0. The molecule has 0 aliphatic heterocycles. The lowest BCUT2D eigenvalue weighted by molar-refractivity contribution is 0.0783. The molecule has 4 aromatic rings. The Morgan fingerprint density at radius 1 is 1.11 bits per heavy atom. The first-order valence-corrected chi connectivity index (χ1v) is 12.2. The van der Waals surface area contributed by atoms with Crippen LogP contribution in [-0.2, 0) is 12.0 Å². The van der Waals surface area contributed by atoms with Crippen molar-refractivity contribution in [2.45, 2.75) is 50.7 Å². The Hall–Kier alpha value is -3.63. The minimum atomic E-state index is -0.906. The second kappa shape index (κ2) is 8.46. The fraction of sp³-hybridized carbons (Fsp3) is 0.370. The lowest BCUT2D eigenvalue weighted by Gasteiger charge is -2.37. The van der Waals surface area contributed by atoms with Crippen molar-refractivity contribution in [2.75, 3.05) is 6.61 Å². The maximum atomic E-state index is 14.5. The van der Waals surface area contributed by atoms with Gasteiger partial charge in [0, 0.05) is 18.0 Å². The van der Waals surface area contributed by atoms with E-state index in [1.54, 1.807) is 35.5 Å². The van der Waals surface area contributed by atoms with Crippen LogP contribution in [0.5, 0.6) is 0 Å². The molecule has 2 N–H and O–H groups in total. The first-order valence-electron chi connectivity index (χ1n) is 12.2. The molecule has 2 aliphatic carbocycles. The molecule has 3 atom stereocenters. The van der Waals surface area contributed by atoms with Crippen molar-refractivity contribution >= 4 is 0 Å². The average Bonchev–Trinajstić information content (AvgIpc) is 3.51. The van der Waals surface area contributed by atoms with Crippen molar-refractivity contribution in [2.24, 2.45) is 5.41 Å². The highest BCUT2D eigenvalue weighted by molar-refractivity contribution is 5.64. The highest BCUT2D eigenvalue weighted by Gasteiger charge is 2.65. The summed E-state index contributed by atoms with van der Waals surface area (Å²) in [6.45, 7) is 4.17. The Kier molecular flexibility index (Phi) is 5.43. The Labute approximate surface area is 212 Å². The molecule has 8 nitrogen and oxygen atoms in total. The number of aliphatic hydroxyl groups excluding tert-OH is 2. The van der Waals surface area contributed by atoms with Crippen LogP contribution >= 0.6 is 0 Å². The molecule has 1 fully saturated rings. The molecule has 2 aliphatic rings. The molecule has 0 saturated heterocycles. The Balaban J connectivity index is 1.43. The van der Waals surface area contributed by atoms with E-state index >= 15 is 0 Å². The molecule has 6 rings (SSSR count). The Morgan fingerprint density at radius 3 is 2.65 bits per heavy atom. The summed E-state index contributed by atoms with van der Waals surface area (Å²) >= 11 is 0. The van der Waals surface area contributed by atoms with Gasteiger partial charge in [0.2, 0.25) is 0 Å². The highest BCUT2D eigenvalue weighted by atomic mass is 19.1. The van der Waals surface area contributed by atoms with E-state index in [9.17, 15) is 13.9 Å². The minimum absolute atomic E-state index is 0.125. The molecule has 2 bridgehead atoms. The van der Waals surface area contributed by atoms with Crippen LogP contribution in [-0.4, -0.2) is 52.9 Å². The van der Waals surface area contributed by atoms with Crippen LogP contribution in [0.15, 0.2) is 49.1 Å². The zero-order valence-corrected chi connectivity index (χ0v) is 20.4. The van der Waals surface area contributed by atoms with Crippen molar-refractivity contribution in [3.63, 3.8) is 0 Å². The van der Waals surface area contributed by atoms with Crippen LogP contribution in [0, 0.1) is 17.0 Å². The van der Waals surface area contributed by atoms with Gasteiger partial charge in [0.15, 0.2) is 0 Å². The second-order valence-corrected chi connectivity index (χ2v) is 10.4. The van der Waals surface area contributed by atoms with Gasteiger partial charge in [-0.15, -0.1) is 5.10 Å². The third-order valence-corrected chi connectivity index (χ3v) is 8.21. The molecule has 0 amide bonds. The lowest BCUT2D eigenvalue weighted by Crippen LogP contribution is -2.38. The largest absolute Gasteiger partial charge is 0.394 e. The molecule has 10 heteroatoms. The third-order valence-electron chi connectivity index (χ3n) is 8.21. The van der Waals surface area contributed by atoms with Crippen LogP contribution in [0.2, 0.25) is 0 Å². The van der Waals surface area contributed by atoms with Crippen molar-refractivity contribution in [3.8, 4) is 22.5 Å². The number of benzene rings is 1. The van der Waals surface area contributed by atoms with E-state index in [1.165, 1.54) is 18.2 Å². The summed E-state index contributed by atoms with van der Waals surface area (Å²) in [4.78, 5) is 9.49. The molecule has 0 spiro atoms. The molecule has 1 saturated carbocycles. The molecule has 3 aromatic heterocycles. The molecule has 0 radical (unpaired) electrons. The number of hydrogen-bond donors (Lipinski definition) is 2. The molecule has 190 valence electrons. The van der Waals surface area contributed by atoms with Crippen LogP contribution in [0.1, 0.15) is 49.6 Å². The predicted octanol–water partition coefficient (Wildman–Crippen LogP) is 3.63. The summed E-state index contributed by atoms with van der Waals surface area (Å²) in [7, 11) is 0. The SMILES string of the molecule is CC1(C)[C@H]2CC[C@]1(c1cncc(-c3cnn(C[C@H](O)CO)c3)n1)c1nnc(-c3c(F)cccc3F)cc12. The van der Waals surface area contributed by atoms with Gasteiger partial charge in [-0.3, -0.25) is 9.67 Å². The van der Waals surface area contributed by atoms with Gasteiger partial charge in [-0.2, -0.15) is 10.2 Å². The first-order chi connectivity index (χ1) is 17.8. The van der Waals surface area contributed by atoms with E-state index in [1.807, 2.05) is 0 Å². The average molecular weight is 505 g/mol. The van der Waals surface area contributed by atoms with Gasteiger partial charge in [-0.05, 0) is 47.9 Å². The standard InChI is InChI=1S/C27H26F2N6O2/c1-26(2)18-6-7-27(26,25-17(18)8-21(33-34-25)24-19(28)4-3-5-20(24)29)23-11-30-10-22(32-23)15-9-31-35(12-15)13-16(37)14-36/h3-5,8-12,16,18,36-37H,6-7,13-14H2,1-2H3/t16-,18-,27-/m0/s1. The highest BCUT2D eigenvalue weighted by Crippen LogP contribution is 2.69. The normalized spacial score (nSPS) is 22.3. The molecular weight excluding hydrogens is 478 g/mol. The molecule has 0 unspecified atom stereocenters. The van der Waals surface area contributed by atoms with Gasteiger partial charge in [-0.1, -0.05) is 19.9 Å². The summed E-state index contributed by atoms with van der Waals surface area (Å²) in [5.41, 5.74) is 3.03. The van der Waals surface area contributed by atoms with E-state index in [0.29, 0.717) is 5.69 Å². The molecule has 1 aromatic carbocycles. The summed E-state index contributed by atoms with van der Waals surface area (Å²) in [6.07, 6.45) is 7.61. The summed E-state index contributed by atoms with van der Waals surface area (Å²) in [6, 6.07) is 5.56. The number of hydrogen-bond acceptors (Lipinski definition) is 7. The molecule has 37 heavy (non-hydrogen) atoms. The van der Waals surface area contributed by atoms with Crippen molar-refractivity contribution in [3.05, 3.63) is 77.6 Å². The van der Waals surface area contributed by atoms with Gasteiger partial charge in [0.1, 0.15) is 11.6 Å². The number of fused-ring (bicyclic) bond motifs is 5. The number of nitrogens with zero attached hydrogens (tertiary/aromatic N) is 6. The van der Waals surface area contributed by atoms with Gasteiger partial charge >= 0.3 is 0 Å². The lowest BCUT2D eigenvalue weighted by atomic mass is 9.66. The maximum Gasteiger partial charge on any atom is 0.135 e. The number of aliphatic hydroxyl groups is 2. The van der Waals surface area contributed by atoms with E-state index in [-0.39, 0.29) is 35.7 Å². The quantitative estimate of drug-likeness (QED) is 0.413. The summed E-state index contributed by atoms with van der Waals surface area (Å²) in [5.74, 6) is -1.21. The number of aromatic nitrogens is 6. The Bertz CT molecular complexity index is 1490. The monoisotopic (exact) mass is 504 g/mol. The second-order valence-electron chi connectivity index (χ2n) is 10.4. The van der Waals surface area contributed by atoms with E-state index in [2.05, 4.69) is 34.1 Å². The van der Waals surface area contributed by atoms with Gasteiger partial charge in [0.25, 0.3) is 0 Å². The van der Waals surface area contributed by atoms with E-state index in [0.717, 1.165) is 35.4 Å². The fourth-order valence-electron chi connectivity index (χ4n) is 6.34. The van der Waals surface area contributed by atoms with E-state index < -0.39 is 23.2 Å². The minimum Gasteiger partial charge on any atom is -0.394 e. The predicted molar refractivity (Wildman–Crippen MR) is 130 cm³/mol. The van der Waals surface area contributed by atoms with E-state index in [4.69, 9.17) is 10.1 Å². The maximum absolute atomic E-state index is 14.5. The number of halogens is 2. The third kappa shape index (κ3) is 3.42. The zero-order chi connectivity index (χ0) is 25.9. The van der Waals surface area contributed by atoms with Gasteiger partial charge in [0.05, 0.1) is 65.4 Å². The smallest absolute Gasteiger partial charge is 0.135 e. The van der Waals surface area contributed by atoms with Crippen LogP contribution in [0.25, 0.3) is 22.5 Å². The van der Waals surface area contributed by atoms with Gasteiger partial charge < -0.3 is 10.2 Å². The topological polar surface area (TPSA) is 110 Å². The van der Waals surface area contributed by atoms with Crippen molar-refractivity contribution in [1.29, 1.82) is 0 Å².